The summed E-state index contributed by atoms with van der Waals surface area (Å²) in [6, 6.07) is 20.8. The molecule has 4 aromatic rings. The first-order chi connectivity index (χ1) is 16.6. The maximum Gasteiger partial charge on any atom is 0.119 e. The number of hydrogen-bond donors (Lipinski definition) is 1. The zero-order valence-electron chi connectivity index (χ0n) is 19.7. The van der Waals surface area contributed by atoms with E-state index in [0.29, 0.717) is 11.1 Å². The van der Waals surface area contributed by atoms with E-state index in [9.17, 15) is 0 Å². The second kappa shape index (κ2) is 10.1. The lowest BCUT2D eigenvalue weighted by Gasteiger charge is -2.33. The monoisotopic (exact) mass is 475 g/mol. The van der Waals surface area contributed by atoms with Crippen LogP contribution in [0.15, 0.2) is 60.7 Å². The number of hydrogen-bond acceptors (Lipinski definition) is 5. The van der Waals surface area contributed by atoms with Crippen LogP contribution >= 0.6 is 11.6 Å². The third-order valence-corrected chi connectivity index (χ3v) is 6.99. The number of halogens is 1. The quantitative estimate of drug-likeness (QED) is 0.323. The van der Waals surface area contributed by atoms with Crippen molar-refractivity contribution in [2.24, 2.45) is 0 Å². The van der Waals surface area contributed by atoms with E-state index < -0.39 is 0 Å². The summed E-state index contributed by atoms with van der Waals surface area (Å²) in [6.07, 6.45) is 3.26. The number of rotatable bonds is 7. The highest BCUT2D eigenvalue weighted by Crippen LogP contribution is 2.35. The number of likely N-dealkylation sites (tertiary alicyclic amines) is 1. The Bertz CT molecular complexity index is 1280. The molecule has 0 aliphatic carbocycles. The van der Waals surface area contributed by atoms with Gasteiger partial charge in [0.15, 0.2) is 0 Å². The van der Waals surface area contributed by atoms with Crippen molar-refractivity contribution in [2.75, 3.05) is 39.2 Å². The molecule has 0 saturated carbocycles. The summed E-state index contributed by atoms with van der Waals surface area (Å²) in [5, 5.41) is 6.73. The molecule has 1 aromatic heterocycles. The number of pyridine rings is 1. The molecule has 1 aliphatic heterocycles. The molecule has 1 fully saturated rings. The summed E-state index contributed by atoms with van der Waals surface area (Å²) in [5.74, 6) is 1.74. The zero-order valence-corrected chi connectivity index (χ0v) is 20.4. The molecule has 176 valence electrons. The Balaban J connectivity index is 1.30. The second-order valence-corrected chi connectivity index (χ2v) is 9.33. The number of ether oxygens (including phenoxy) is 2. The lowest BCUT2D eigenvalue weighted by molar-refractivity contribution is 0.221. The molecule has 0 amide bonds. The van der Waals surface area contributed by atoms with Crippen LogP contribution in [0.2, 0.25) is 5.02 Å². The fourth-order valence-electron chi connectivity index (χ4n) is 4.76. The topological polar surface area (TPSA) is 46.6 Å². The van der Waals surface area contributed by atoms with Gasteiger partial charge in [-0.15, -0.1) is 0 Å². The number of piperidine rings is 1. The molecule has 34 heavy (non-hydrogen) atoms. The third-order valence-electron chi connectivity index (χ3n) is 6.75. The van der Waals surface area contributed by atoms with Gasteiger partial charge in [-0.05, 0) is 73.4 Å². The number of nitrogens with zero attached hydrogens (tertiary/aromatic N) is 2. The lowest BCUT2D eigenvalue weighted by Crippen LogP contribution is -2.40. The summed E-state index contributed by atoms with van der Waals surface area (Å²) in [7, 11) is 3.40. The normalized spacial score (nSPS) is 15.0. The van der Waals surface area contributed by atoms with Crippen LogP contribution in [0.25, 0.3) is 21.8 Å². The van der Waals surface area contributed by atoms with Crippen LogP contribution in [-0.2, 0) is 6.42 Å². The smallest absolute Gasteiger partial charge is 0.119 e. The maximum atomic E-state index is 6.27. The van der Waals surface area contributed by atoms with Gasteiger partial charge >= 0.3 is 0 Å². The molecule has 1 aliphatic rings. The van der Waals surface area contributed by atoms with Crippen molar-refractivity contribution >= 4 is 39.1 Å². The van der Waals surface area contributed by atoms with E-state index in [1.54, 1.807) is 14.2 Å². The van der Waals surface area contributed by atoms with Gasteiger partial charge < -0.3 is 19.7 Å². The van der Waals surface area contributed by atoms with Gasteiger partial charge in [-0.3, -0.25) is 0 Å². The number of aromatic nitrogens is 1. The molecule has 3 aromatic carbocycles. The van der Waals surface area contributed by atoms with Crippen LogP contribution in [0.4, 0.5) is 5.69 Å². The van der Waals surface area contributed by atoms with Crippen molar-refractivity contribution in [3.05, 3.63) is 71.2 Å². The molecule has 2 heterocycles. The number of benzene rings is 3. The minimum absolute atomic E-state index is 0.410. The molecular formula is C28H30ClN3O2. The minimum atomic E-state index is 0.410. The van der Waals surface area contributed by atoms with Crippen molar-refractivity contribution in [3.8, 4) is 11.5 Å². The highest BCUT2D eigenvalue weighted by atomic mass is 35.5. The van der Waals surface area contributed by atoms with Crippen LogP contribution in [0, 0.1) is 0 Å². The molecule has 0 atom stereocenters. The fourth-order valence-corrected chi connectivity index (χ4v) is 4.93. The number of methoxy groups -OCH3 is 2. The van der Waals surface area contributed by atoms with E-state index in [-0.39, 0.29) is 0 Å². The van der Waals surface area contributed by atoms with E-state index >= 15 is 0 Å². The Labute approximate surface area is 205 Å². The Kier molecular flexibility index (Phi) is 6.75. The van der Waals surface area contributed by atoms with Gasteiger partial charge in [0.25, 0.3) is 0 Å². The summed E-state index contributed by atoms with van der Waals surface area (Å²) >= 11 is 6.27. The van der Waals surface area contributed by atoms with Crippen LogP contribution in [0.5, 0.6) is 11.5 Å². The molecule has 0 unspecified atom stereocenters. The van der Waals surface area contributed by atoms with E-state index in [0.717, 1.165) is 77.9 Å². The van der Waals surface area contributed by atoms with Gasteiger partial charge in [0.1, 0.15) is 11.5 Å². The Hall–Kier alpha value is -3.02. The average Bonchev–Trinajstić information content (AvgIpc) is 2.88. The molecule has 0 bridgehead atoms. The van der Waals surface area contributed by atoms with Gasteiger partial charge in [0.05, 0.1) is 30.9 Å². The Morgan fingerprint density at radius 2 is 1.62 bits per heavy atom. The molecule has 6 heteroatoms. The predicted molar refractivity (Wildman–Crippen MR) is 141 cm³/mol. The van der Waals surface area contributed by atoms with Crippen LogP contribution < -0.4 is 14.8 Å². The van der Waals surface area contributed by atoms with Gasteiger partial charge in [0.2, 0.25) is 0 Å². The first-order valence-corrected chi connectivity index (χ1v) is 12.2. The highest BCUT2D eigenvalue weighted by Gasteiger charge is 2.21. The lowest BCUT2D eigenvalue weighted by atomic mass is 10.0. The molecular weight excluding hydrogens is 446 g/mol. The Morgan fingerprint density at radius 3 is 2.35 bits per heavy atom. The SMILES string of the molecule is COc1ccc(CCN2CCC(Nc3c4ccc(Cl)cc4nc4ccc(OC)cc34)CC2)cc1. The van der Waals surface area contributed by atoms with Crippen LogP contribution in [0.1, 0.15) is 18.4 Å². The van der Waals surface area contributed by atoms with Gasteiger partial charge in [0, 0.05) is 41.5 Å². The second-order valence-electron chi connectivity index (χ2n) is 8.89. The standard InChI is InChI=1S/C28H30ClN3O2/c1-33-22-6-3-19(4-7-22)11-14-32-15-12-21(13-16-32)30-28-24-9-5-20(29)17-27(24)31-26-10-8-23(34-2)18-25(26)28/h3-10,17-18,21H,11-16H2,1-2H3,(H,30,31). The summed E-state index contributed by atoms with van der Waals surface area (Å²) in [6.45, 7) is 3.25. The summed E-state index contributed by atoms with van der Waals surface area (Å²) < 4.78 is 10.8. The van der Waals surface area contributed by atoms with Gasteiger partial charge in [-0.25, -0.2) is 4.98 Å². The van der Waals surface area contributed by atoms with Gasteiger partial charge in [-0.2, -0.15) is 0 Å². The van der Waals surface area contributed by atoms with Crippen molar-refractivity contribution in [3.63, 3.8) is 0 Å². The van der Waals surface area contributed by atoms with Crippen molar-refractivity contribution < 1.29 is 9.47 Å². The molecule has 5 rings (SSSR count). The third kappa shape index (κ3) is 4.91. The maximum absolute atomic E-state index is 6.27. The highest BCUT2D eigenvalue weighted by molar-refractivity contribution is 6.31. The molecule has 1 saturated heterocycles. The van der Waals surface area contributed by atoms with Crippen LogP contribution in [-0.4, -0.2) is 49.8 Å². The first kappa shape index (κ1) is 22.8. The first-order valence-electron chi connectivity index (χ1n) is 11.8. The van der Waals surface area contributed by atoms with E-state index in [1.165, 1.54) is 5.56 Å². The van der Waals surface area contributed by atoms with Crippen LogP contribution in [0.3, 0.4) is 0 Å². The number of nitrogens with one attached hydrogen (secondary N) is 1. The van der Waals surface area contributed by atoms with E-state index in [4.69, 9.17) is 26.1 Å². The van der Waals surface area contributed by atoms with Crippen molar-refractivity contribution in [2.45, 2.75) is 25.3 Å². The van der Waals surface area contributed by atoms with Gasteiger partial charge in [-0.1, -0.05) is 23.7 Å². The van der Waals surface area contributed by atoms with Crippen molar-refractivity contribution in [1.29, 1.82) is 0 Å². The Morgan fingerprint density at radius 1 is 0.882 bits per heavy atom. The predicted octanol–water partition coefficient (Wildman–Crippen LogP) is 6.18. The largest absolute Gasteiger partial charge is 0.497 e. The van der Waals surface area contributed by atoms with E-state index in [1.807, 2.05) is 36.4 Å². The average molecular weight is 476 g/mol. The minimum Gasteiger partial charge on any atom is -0.497 e. The molecule has 0 radical (unpaired) electrons. The number of fused-ring (bicyclic) bond motifs is 2. The number of anilines is 1. The molecule has 0 spiro atoms. The summed E-state index contributed by atoms with van der Waals surface area (Å²) in [4.78, 5) is 7.41. The molecule has 5 nitrogen and oxygen atoms in total. The molecule has 1 N–H and O–H groups in total. The zero-order chi connectivity index (χ0) is 23.5. The summed E-state index contributed by atoms with van der Waals surface area (Å²) in [5.41, 5.74) is 4.32. The van der Waals surface area contributed by atoms with E-state index in [2.05, 4.69) is 34.5 Å². The fraction of sp³-hybridized carbons (Fsp3) is 0.321. The van der Waals surface area contributed by atoms with Crippen molar-refractivity contribution in [1.82, 2.24) is 9.88 Å².